The summed E-state index contributed by atoms with van der Waals surface area (Å²) in [4.78, 5) is 1.74. The molecule has 0 bridgehead atoms. The first-order valence-electron chi connectivity index (χ1n) is 8.28. The first-order valence-corrected chi connectivity index (χ1v) is 11.6. The molecule has 0 radical (unpaired) electrons. The van der Waals surface area contributed by atoms with E-state index in [-0.39, 0.29) is 0 Å². The summed E-state index contributed by atoms with van der Waals surface area (Å²) in [6.45, 7) is 4.09. The molecule has 0 saturated heterocycles. The minimum atomic E-state index is -3.49. The number of rotatable bonds is 5. The van der Waals surface area contributed by atoms with E-state index in [1.165, 1.54) is 23.3 Å². The number of allylic oxidation sites excluding steroid dienone is 3. The number of sulfonamides is 1. The van der Waals surface area contributed by atoms with Crippen molar-refractivity contribution < 1.29 is 8.42 Å². The Bertz CT molecular complexity index is 748. The lowest BCUT2D eigenvalue weighted by Crippen LogP contribution is -2.29. The predicted molar refractivity (Wildman–Crippen MR) is 98.9 cm³/mol. The number of hydrogen-bond acceptors (Lipinski definition) is 2. The number of nitrogens with one attached hydrogen (secondary N) is 1. The zero-order valence-electron chi connectivity index (χ0n) is 13.8. The first kappa shape index (κ1) is 16.8. The van der Waals surface area contributed by atoms with Gasteiger partial charge in [0.05, 0.1) is 4.90 Å². The lowest BCUT2D eigenvalue weighted by Gasteiger charge is -2.39. The molecule has 1 atom stereocenters. The second-order valence-corrected chi connectivity index (χ2v) is 11.3. The van der Waals surface area contributed by atoms with Crippen molar-refractivity contribution in [3.05, 3.63) is 51.8 Å². The Kier molecular flexibility index (Phi) is 4.72. The van der Waals surface area contributed by atoms with Gasteiger partial charge >= 0.3 is 0 Å². The number of hydrogen-bond donors (Lipinski definition) is 1. The van der Waals surface area contributed by atoms with Crippen LogP contribution in [-0.2, 0) is 10.0 Å². The molecular weight excluding hydrogens is 326 g/mol. The standard InChI is InChI=1S/C18H25NO2S2/c1-3-13-22(14-12-16-6-4-5-7-18(16)22)19-23(20,21)17-10-8-15(2)9-11-17/h8-12,14,19H,3-7,13H2,1-2H3. The molecule has 0 aromatic heterocycles. The molecule has 0 fully saturated rings. The first-order chi connectivity index (χ1) is 11.0. The van der Waals surface area contributed by atoms with E-state index in [9.17, 15) is 8.42 Å². The van der Waals surface area contributed by atoms with Crippen molar-refractivity contribution in [2.45, 2.75) is 50.8 Å². The monoisotopic (exact) mass is 351 g/mol. The van der Waals surface area contributed by atoms with Crippen LogP contribution in [0.25, 0.3) is 0 Å². The summed E-state index contributed by atoms with van der Waals surface area (Å²) < 4.78 is 28.9. The van der Waals surface area contributed by atoms with Gasteiger partial charge in [0.1, 0.15) is 0 Å². The van der Waals surface area contributed by atoms with Crippen molar-refractivity contribution in [2.75, 3.05) is 5.75 Å². The lowest BCUT2D eigenvalue weighted by atomic mass is 10.00. The molecule has 5 heteroatoms. The molecule has 3 rings (SSSR count). The van der Waals surface area contributed by atoms with E-state index in [1.54, 1.807) is 12.1 Å². The SMILES string of the molecule is CCCS1(NS(=O)(=O)c2ccc(C)cc2)C=CC2=C1CCCC2. The highest BCUT2D eigenvalue weighted by molar-refractivity contribution is 8.41. The Morgan fingerprint density at radius 1 is 1.13 bits per heavy atom. The zero-order chi connectivity index (χ0) is 16.5. The molecule has 1 N–H and O–H groups in total. The van der Waals surface area contributed by atoms with Gasteiger partial charge in [0, 0.05) is 0 Å². The van der Waals surface area contributed by atoms with Gasteiger partial charge in [-0.1, -0.05) is 30.7 Å². The van der Waals surface area contributed by atoms with Gasteiger partial charge in [-0.3, -0.25) is 0 Å². The fraction of sp³-hybridized carbons (Fsp3) is 0.444. The summed E-state index contributed by atoms with van der Waals surface area (Å²) >= 11 is 0. The zero-order valence-corrected chi connectivity index (χ0v) is 15.5. The molecule has 1 aliphatic heterocycles. The van der Waals surface area contributed by atoms with E-state index < -0.39 is 20.2 Å². The third kappa shape index (κ3) is 3.28. The molecule has 126 valence electrons. The van der Waals surface area contributed by atoms with E-state index in [0.29, 0.717) is 4.90 Å². The highest BCUT2D eigenvalue weighted by atomic mass is 32.3. The van der Waals surface area contributed by atoms with Crippen molar-refractivity contribution in [1.29, 1.82) is 0 Å². The fourth-order valence-electron chi connectivity index (χ4n) is 3.37. The van der Waals surface area contributed by atoms with E-state index in [1.807, 2.05) is 19.1 Å². The van der Waals surface area contributed by atoms with Gasteiger partial charge in [-0.15, -0.1) is 10.2 Å². The largest absolute Gasteiger partial charge is 0.248 e. The van der Waals surface area contributed by atoms with E-state index >= 15 is 0 Å². The highest BCUT2D eigenvalue weighted by Crippen LogP contribution is 2.62. The quantitative estimate of drug-likeness (QED) is 0.831. The van der Waals surface area contributed by atoms with Crippen LogP contribution in [0.3, 0.4) is 0 Å². The molecular formula is C18H25NO2S2. The van der Waals surface area contributed by atoms with Crippen LogP contribution >= 0.6 is 10.2 Å². The summed E-state index contributed by atoms with van der Waals surface area (Å²) in [5.74, 6) is 0.896. The Labute approximate surface area is 141 Å². The van der Waals surface area contributed by atoms with E-state index in [4.69, 9.17) is 0 Å². The summed E-state index contributed by atoms with van der Waals surface area (Å²) in [5, 5.41) is 2.16. The van der Waals surface area contributed by atoms with Crippen LogP contribution in [0.4, 0.5) is 0 Å². The maximum absolute atomic E-state index is 12.9. The summed E-state index contributed by atoms with van der Waals surface area (Å²) in [6, 6.07) is 7.11. The van der Waals surface area contributed by atoms with Gasteiger partial charge in [-0.25, -0.2) is 8.42 Å². The number of benzene rings is 1. The van der Waals surface area contributed by atoms with Crippen molar-refractivity contribution >= 4 is 20.2 Å². The molecule has 0 amide bonds. The minimum absolute atomic E-state index is 0.365. The smallest absolute Gasteiger partial charge is 0.206 e. The average Bonchev–Trinajstić information content (AvgIpc) is 2.87. The van der Waals surface area contributed by atoms with E-state index in [0.717, 1.165) is 30.6 Å². The molecule has 3 nitrogen and oxygen atoms in total. The normalized spacial score (nSPS) is 26.9. The maximum Gasteiger partial charge on any atom is 0.248 e. The van der Waals surface area contributed by atoms with Crippen LogP contribution in [0.2, 0.25) is 0 Å². The topological polar surface area (TPSA) is 46.2 Å². The predicted octanol–water partition coefficient (Wildman–Crippen LogP) is 4.76. The highest BCUT2D eigenvalue weighted by Gasteiger charge is 2.36. The molecule has 23 heavy (non-hydrogen) atoms. The molecule has 1 heterocycles. The molecule has 1 aromatic carbocycles. The molecule has 0 spiro atoms. The van der Waals surface area contributed by atoms with Crippen LogP contribution in [0.5, 0.6) is 0 Å². The second-order valence-electron chi connectivity index (χ2n) is 6.36. The van der Waals surface area contributed by atoms with Gasteiger partial charge in [-0.05, 0) is 72.8 Å². The Hall–Kier alpha value is -1.04. The third-order valence-electron chi connectivity index (χ3n) is 4.52. The van der Waals surface area contributed by atoms with Crippen LogP contribution in [-0.4, -0.2) is 14.2 Å². The Morgan fingerprint density at radius 3 is 2.52 bits per heavy atom. The van der Waals surface area contributed by atoms with Crippen LogP contribution in [0.1, 0.15) is 44.6 Å². The fourth-order valence-corrected chi connectivity index (χ4v) is 9.51. The summed E-state index contributed by atoms with van der Waals surface area (Å²) in [6.07, 6.45) is 7.68. The Morgan fingerprint density at radius 2 is 1.83 bits per heavy atom. The van der Waals surface area contributed by atoms with Crippen molar-refractivity contribution in [3.8, 4) is 0 Å². The van der Waals surface area contributed by atoms with Gasteiger partial charge in [0.25, 0.3) is 0 Å². The van der Waals surface area contributed by atoms with Gasteiger partial charge in [0.2, 0.25) is 10.0 Å². The van der Waals surface area contributed by atoms with Crippen molar-refractivity contribution in [2.24, 2.45) is 0 Å². The molecule has 1 aliphatic carbocycles. The minimum Gasteiger partial charge on any atom is -0.206 e. The third-order valence-corrected chi connectivity index (χ3v) is 10.5. The summed E-state index contributed by atoms with van der Waals surface area (Å²) in [5.41, 5.74) is 2.45. The summed E-state index contributed by atoms with van der Waals surface area (Å²) in [7, 11) is -5.06. The average molecular weight is 352 g/mol. The Balaban J connectivity index is 1.96. The number of aryl methyl sites for hydroxylation is 1. The molecule has 2 aliphatic rings. The molecule has 1 aromatic rings. The maximum atomic E-state index is 12.9. The van der Waals surface area contributed by atoms with E-state index in [2.05, 4.69) is 22.5 Å². The van der Waals surface area contributed by atoms with Crippen LogP contribution in [0, 0.1) is 6.92 Å². The van der Waals surface area contributed by atoms with Gasteiger partial charge < -0.3 is 0 Å². The van der Waals surface area contributed by atoms with Crippen molar-refractivity contribution in [3.63, 3.8) is 0 Å². The van der Waals surface area contributed by atoms with Gasteiger partial charge in [-0.2, -0.15) is 4.13 Å². The molecule has 0 saturated carbocycles. The van der Waals surface area contributed by atoms with Crippen molar-refractivity contribution in [1.82, 2.24) is 4.13 Å². The second kappa shape index (κ2) is 6.46. The van der Waals surface area contributed by atoms with Crippen LogP contribution < -0.4 is 4.13 Å². The van der Waals surface area contributed by atoms with Crippen LogP contribution in [0.15, 0.2) is 51.1 Å². The lowest BCUT2D eigenvalue weighted by molar-refractivity contribution is 0.594. The molecule has 1 unspecified atom stereocenters. The van der Waals surface area contributed by atoms with Gasteiger partial charge in [0.15, 0.2) is 0 Å².